The SMILES string of the molecule is CCOC(=O)c1c(O)cc(=O)n2c1CCCC2. The normalized spacial score (nSPS) is 14.2. The second-order valence-electron chi connectivity index (χ2n) is 4.02. The summed E-state index contributed by atoms with van der Waals surface area (Å²) < 4.78 is 6.45. The van der Waals surface area contributed by atoms with Crippen LogP contribution in [0.15, 0.2) is 10.9 Å². The van der Waals surface area contributed by atoms with Gasteiger partial charge >= 0.3 is 5.97 Å². The van der Waals surface area contributed by atoms with Crippen LogP contribution in [0.2, 0.25) is 0 Å². The van der Waals surface area contributed by atoms with Gasteiger partial charge in [0.25, 0.3) is 5.56 Å². The first-order chi connectivity index (χ1) is 8.15. The maximum absolute atomic E-state index is 11.8. The first-order valence-electron chi connectivity index (χ1n) is 5.78. The smallest absolute Gasteiger partial charge is 0.343 e. The minimum atomic E-state index is -0.560. The number of ether oxygens (including phenoxy) is 1. The third kappa shape index (κ3) is 2.05. The van der Waals surface area contributed by atoms with Gasteiger partial charge in [0.2, 0.25) is 0 Å². The Hall–Kier alpha value is -1.78. The van der Waals surface area contributed by atoms with Gasteiger partial charge in [-0.1, -0.05) is 0 Å². The van der Waals surface area contributed by atoms with Crippen molar-refractivity contribution < 1.29 is 14.6 Å². The molecule has 0 unspecified atom stereocenters. The summed E-state index contributed by atoms with van der Waals surface area (Å²) in [5.74, 6) is -0.836. The van der Waals surface area contributed by atoms with Crippen LogP contribution in [0.1, 0.15) is 35.8 Å². The van der Waals surface area contributed by atoms with E-state index in [2.05, 4.69) is 0 Å². The average molecular weight is 237 g/mol. The van der Waals surface area contributed by atoms with Gasteiger partial charge in [-0.05, 0) is 26.2 Å². The number of aromatic hydroxyl groups is 1. The second kappa shape index (κ2) is 4.61. The summed E-state index contributed by atoms with van der Waals surface area (Å²) in [5.41, 5.74) is 0.482. The predicted octanol–water partition coefficient (Wildman–Crippen LogP) is 1.07. The van der Waals surface area contributed by atoms with Crippen molar-refractivity contribution in [1.29, 1.82) is 0 Å². The van der Waals surface area contributed by atoms with Crippen molar-refractivity contribution >= 4 is 5.97 Å². The summed E-state index contributed by atoms with van der Waals surface area (Å²) in [6, 6.07) is 1.08. The molecule has 0 atom stereocenters. The van der Waals surface area contributed by atoms with Crippen molar-refractivity contribution in [2.75, 3.05) is 6.61 Å². The molecular formula is C12H15NO4. The van der Waals surface area contributed by atoms with Crippen molar-refractivity contribution in [3.8, 4) is 5.75 Å². The molecule has 0 amide bonds. The number of carbonyl (C=O) groups excluding carboxylic acids is 1. The molecule has 1 aromatic heterocycles. The Morgan fingerprint density at radius 1 is 1.53 bits per heavy atom. The molecule has 1 aliphatic rings. The Morgan fingerprint density at radius 2 is 2.29 bits per heavy atom. The van der Waals surface area contributed by atoms with Gasteiger partial charge in [0.05, 0.1) is 6.61 Å². The minimum absolute atomic E-state index is 0.145. The molecule has 0 bridgehead atoms. The third-order valence-corrected chi connectivity index (χ3v) is 2.92. The van der Waals surface area contributed by atoms with Crippen LogP contribution >= 0.6 is 0 Å². The van der Waals surface area contributed by atoms with Crippen LogP contribution in [0.4, 0.5) is 0 Å². The zero-order valence-electron chi connectivity index (χ0n) is 9.73. The molecule has 1 N–H and O–H groups in total. The number of fused-ring (bicyclic) bond motifs is 1. The molecule has 0 saturated carbocycles. The third-order valence-electron chi connectivity index (χ3n) is 2.92. The molecule has 5 heteroatoms. The molecule has 2 rings (SSSR count). The maximum atomic E-state index is 11.8. The number of rotatable bonds is 2. The highest BCUT2D eigenvalue weighted by Crippen LogP contribution is 2.24. The van der Waals surface area contributed by atoms with Crippen molar-refractivity contribution in [1.82, 2.24) is 4.57 Å². The number of pyridine rings is 1. The minimum Gasteiger partial charge on any atom is -0.507 e. The highest BCUT2D eigenvalue weighted by molar-refractivity contribution is 5.93. The van der Waals surface area contributed by atoms with Gasteiger partial charge in [-0.15, -0.1) is 0 Å². The van der Waals surface area contributed by atoms with Gasteiger partial charge < -0.3 is 14.4 Å². The number of aromatic nitrogens is 1. The molecule has 0 saturated heterocycles. The maximum Gasteiger partial charge on any atom is 0.343 e. The highest BCUT2D eigenvalue weighted by Gasteiger charge is 2.23. The Balaban J connectivity index is 2.58. The summed E-state index contributed by atoms with van der Waals surface area (Å²) in [7, 11) is 0. The van der Waals surface area contributed by atoms with Gasteiger partial charge in [-0.2, -0.15) is 0 Å². The van der Waals surface area contributed by atoms with Crippen molar-refractivity contribution in [2.45, 2.75) is 32.7 Å². The second-order valence-corrected chi connectivity index (χ2v) is 4.02. The Kier molecular flexibility index (Phi) is 3.17. The molecule has 1 aliphatic heterocycles. The van der Waals surface area contributed by atoms with Crippen molar-refractivity contribution in [2.24, 2.45) is 0 Å². The topological polar surface area (TPSA) is 68.5 Å². The monoisotopic (exact) mass is 237 g/mol. The lowest BCUT2D eigenvalue weighted by Crippen LogP contribution is -2.29. The Morgan fingerprint density at radius 3 is 3.00 bits per heavy atom. The molecule has 0 radical (unpaired) electrons. The van der Waals surface area contributed by atoms with Gasteiger partial charge in [0.1, 0.15) is 11.3 Å². The lowest BCUT2D eigenvalue weighted by molar-refractivity contribution is 0.0519. The van der Waals surface area contributed by atoms with Crippen LogP contribution < -0.4 is 5.56 Å². The molecule has 2 heterocycles. The largest absolute Gasteiger partial charge is 0.507 e. The summed E-state index contributed by atoms with van der Waals surface area (Å²) in [4.78, 5) is 23.4. The van der Waals surface area contributed by atoms with Crippen LogP contribution in [0.3, 0.4) is 0 Å². The molecule has 0 aromatic carbocycles. The lowest BCUT2D eigenvalue weighted by Gasteiger charge is -2.21. The zero-order valence-corrected chi connectivity index (χ0v) is 9.73. The van der Waals surface area contributed by atoms with Gasteiger partial charge in [0.15, 0.2) is 0 Å². The number of carbonyl (C=O) groups is 1. The number of esters is 1. The van der Waals surface area contributed by atoms with Crippen molar-refractivity contribution in [3.63, 3.8) is 0 Å². The van der Waals surface area contributed by atoms with E-state index in [1.165, 1.54) is 0 Å². The molecule has 0 fully saturated rings. The van der Waals surface area contributed by atoms with E-state index in [4.69, 9.17) is 4.74 Å². The van der Waals surface area contributed by atoms with E-state index in [9.17, 15) is 14.7 Å². The first kappa shape index (κ1) is 11.7. The zero-order chi connectivity index (χ0) is 12.4. The quantitative estimate of drug-likeness (QED) is 0.781. The molecular weight excluding hydrogens is 222 g/mol. The van der Waals surface area contributed by atoms with Gasteiger partial charge in [0, 0.05) is 18.3 Å². The number of nitrogens with zero attached hydrogens (tertiary/aromatic N) is 1. The van der Waals surface area contributed by atoms with Crippen molar-refractivity contribution in [3.05, 3.63) is 27.7 Å². The van der Waals surface area contributed by atoms with E-state index in [0.717, 1.165) is 18.9 Å². The molecule has 0 spiro atoms. The van der Waals surface area contributed by atoms with Crippen LogP contribution in [0.25, 0.3) is 0 Å². The van der Waals surface area contributed by atoms with Crippen LogP contribution in [0, 0.1) is 0 Å². The van der Waals surface area contributed by atoms with Crippen LogP contribution in [-0.2, 0) is 17.7 Å². The molecule has 17 heavy (non-hydrogen) atoms. The molecule has 0 aliphatic carbocycles. The van der Waals surface area contributed by atoms with E-state index in [-0.39, 0.29) is 23.5 Å². The van der Waals surface area contributed by atoms with Crippen LogP contribution in [0.5, 0.6) is 5.75 Å². The highest BCUT2D eigenvalue weighted by atomic mass is 16.5. The lowest BCUT2D eigenvalue weighted by atomic mass is 10.0. The fourth-order valence-corrected chi connectivity index (χ4v) is 2.18. The predicted molar refractivity (Wildman–Crippen MR) is 61.3 cm³/mol. The van der Waals surface area contributed by atoms with E-state index in [0.29, 0.717) is 18.7 Å². The molecule has 5 nitrogen and oxygen atoms in total. The molecule has 92 valence electrons. The Labute approximate surface area is 98.6 Å². The van der Waals surface area contributed by atoms with E-state index in [1.54, 1.807) is 11.5 Å². The molecule has 1 aromatic rings. The summed E-state index contributed by atoms with van der Waals surface area (Å²) >= 11 is 0. The van der Waals surface area contributed by atoms with E-state index >= 15 is 0 Å². The number of hydrogen-bond acceptors (Lipinski definition) is 4. The fraction of sp³-hybridized carbons (Fsp3) is 0.500. The van der Waals surface area contributed by atoms with E-state index in [1.807, 2.05) is 0 Å². The number of hydrogen-bond donors (Lipinski definition) is 1. The van der Waals surface area contributed by atoms with E-state index < -0.39 is 5.97 Å². The standard InChI is InChI=1S/C12H15NO4/c1-2-17-12(16)11-8-5-3-4-6-13(8)10(15)7-9(11)14/h7,14H,2-6H2,1H3. The van der Waals surface area contributed by atoms with Crippen LogP contribution in [-0.4, -0.2) is 22.2 Å². The average Bonchev–Trinajstić information content (AvgIpc) is 2.29. The Bertz CT molecular complexity index is 504. The first-order valence-corrected chi connectivity index (χ1v) is 5.78. The summed E-state index contributed by atoms with van der Waals surface area (Å²) in [5, 5.41) is 9.73. The van der Waals surface area contributed by atoms with Gasteiger partial charge in [-0.25, -0.2) is 4.79 Å². The summed E-state index contributed by atoms with van der Waals surface area (Å²) in [6.07, 6.45) is 2.45. The van der Waals surface area contributed by atoms with Gasteiger partial charge in [-0.3, -0.25) is 4.79 Å². The fourth-order valence-electron chi connectivity index (χ4n) is 2.18. The summed E-state index contributed by atoms with van der Waals surface area (Å²) in [6.45, 7) is 2.55.